The van der Waals surface area contributed by atoms with Gasteiger partial charge in [0.05, 0.1) is 6.20 Å². The Bertz CT molecular complexity index is 806. The second kappa shape index (κ2) is 6.62. The average molecular weight is 383 g/mol. The fraction of sp³-hybridized carbons (Fsp3) is 0.412. The highest BCUT2D eigenvalue weighted by Crippen LogP contribution is 2.34. The van der Waals surface area contributed by atoms with E-state index >= 15 is 0 Å². The van der Waals surface area contributed by atoms with E-state index in [-0.39, 0.29) is 17.2 Å². The van der Waals surface area contributed by atoms with Gasteiger partial charge in [0, 0.05) is 28.6 Å². The van der Waals surface area contributed by atoms with Crippen LogP contribution >= 0.6 is 11.8 Å². The summed E-state index contributed by atoms with van der Waals surface area (Å²) >= 11 is 0.968. The molecule has 0 aliphatic carbocycles. The summed E-state index contributed by atoms with van der Waals surface area (Å²) < 4.78 is 42.2. The Labute approximate surface area is 151 Å². The number of halogens is 3. The van der Waals surface area contributed by atoms with Crippen molar-refractivity contribution in [2.75, 3.05) is 0 Å². The van der Waals surface area contributed by atoms with Crippen LogP contribution in [0.15, 0.2) is 45.0 Å². The van der Waals surface area contributed by atoms with Crippen LogP contribution in [0, 0.1) is 0 Å². The lowest BCUT2D eigenvalue weighted by Gasteiger charge is -2.21. The minimum absolute atomic E-state index is 0.0948. The molecule has 2 fully saturated rings. The summed E-state index contributed by atoms with van der Waals surface area (Å²) in [4.78, 5) is 16.6. The van der Waals surface area contributed by atoms with Crippen LogP contribution in [0.4, 0.5) is 13.2 Å². The number of benzene rings is 1. The third-order valence-electron chi connectivity index (χ3n) is 4.70. The molecule has 0 radical (unpaired) electrons. The van der Waals surface area contributed by atoms with E-state index in [2.05, 4.69) is 20.0 Å². The molecule has 3 atom stereocenters. The van der Waals surface area contributed by atoms with Gasteiger partial charge < -0.3 is 15.1 Å². The Balaban J connectivity index is 1.37. The summed E-state index contributed by atoms with van der Waals surface area (Å²) in [5.74, 6) is -1.27. The van der Waals surface area contributed by atoms with Crippen molar-refractivity contribution >= 4 is 17.7 Å². The lowest BCUT2D eigenvalue weighted by molar-refractivity contribution is -0.154. The maximum Gasteiger partial charge on any atom is 0.451 e. The highest BCUT2D eigenvalue weighted by molar-refractivity contribution is 7.99. The molecule has 2 bridgehead atoms. The van der Waals surface area contributed by atoms with Crippen LogP contribution in [-0.2, 0) is 6.18 Å². The van der Waals surface area contributed by atoms with Gasteiger partial charge in [-0.25, -0.2) is 4.98 Å². The predicted molar refractivity (Wildman–Crippen MR) is 87.9 cm³/mol. The third kappa shape index (κ3) is 3.59. The van der Waals surface area contributed by atoms with Gasteiger partial charge in [-0.1, -0.05) is 0 Å². The van der Waals surface area contributed by atoms with Crippen molar-refractivity contribution in [1.29, 1.82) is 0 Å². The van der Waals surface area contributed by atoms with E-state index in [1.165, 1.54) is 6.42 Å². The first-order valence-electron chi connectivity index (χ1n) is 8.26. The van der Waals surface area contributed by atoms with E-state index in [9.17, 15) is 18.0 Å². The molecule has 2 N–H and O–H groups in total. The van der Waals surface area contributed by atoms with Crippen molar-refractivity contribution in [3.63, 3.8) is 0 Å². The number of hydrogen-bond donors (Lipinski definition) is 2. The number of rotatable bonds is 4. The molecule has 0 unspecified atom stereocenters. The highest BCUT2D eigenvalue weighted by Gasteiger charge is 2.39. The van der Waals surface area contributed by atoms with Crippen LogP contribution in [0.1, 0.15) is 35.4 Å². The minimum Gasteiger partial charge on any atom is -0.427 e. The summed E-state index contributed by atoms with van der Waals surface area (Å²) in [6.45, 7) is 0. The second-order valence-electron chi connectivity index (χ2n) is 6.48. The number of fused-ring (bicyclic) bond motifs is 2. The van der Waals surface area contributed by atoms with Crippen LogP contribution < -0.4 is 10.6 Å². The van der Waals surface area contributed by atoms with Crippen LogP contribution in [0.2, 0.25) is 0 Å². The number of amides is 1. The zero-order valence-electron chi connectivity index (χ0n) is 13.5. The zero-order chi connectivity index (χ0) is 18.3. The molecule has 2 aliphatic heterocycles. The van der Waals surface area contributed by atoms with Crippen LogP contribution in [-0.4, -0.2) is 29.0 Å². The number of carbonyl (C=O) groups is 1. The molecule has 2 saturated heterocycles. The van der Waals surface area contributed by atoms with E-state index in [4.69, 9.17) is 0 Å². The molecule has 0 spiro atoms. The number of carbonyl (C=O) groups excluding carboxylic acids is 1. The lowest BCUT2D eigenvalue weighted by atomic mass is 9.95. The largest absolute Gasteiger partial charge is 0.451 e. The first-order chi connectivity index (χ1) is 12.4. The molecule has 1 amide bonds. The van der Waals surface area contributed by atoms with Gasteiger partial charge in [-0.2, -0.15) is 13.2 Å². The summed E-state index contributed by atoms with van der Waals surface area (Å²) in [7, 11) is 0. The topological polar surface area (TPSA) is 67.2 Å². The number of hydrogen-bond acceptors (Lipinski definition) is 5. The molecule has 0 saturated carbocycles. The SMILES string of the molecule is O=C(N[C@@H]1C[C@H]2CC[C@@H]1N2)c1ccc(Sc2ncc(C(F)(F)F)o2)cc1. The Morgan fingerprint density at radius 3 is 2.62 bits per heavy atom. The Morgan fingerprint density at radius 2 is 2.04 bits per heavy atom. The summed E-state index contributed by atoms with van der Waals surface area (Å²) in [6, 6.07) is 7.63. The fourth-order valence-electron chi connectivity index (χ4n) is 3.45. The van der Waals surface area contributed by atoms with Gasteiger partial charge in [-0.15, -0.1) is 0 Å². The van der Waals surface area contributed by atoms with E-state index in [1.54, 1.807) is 24.3 Å². The molecule has 2 aromatic rings. The number of aromatic nitrogens is 1. The quantitative estimate of drug-likeness (QED) is 0.846. The molecular formula is C17H16F3N3O2S. The van der Waals surface area contributed by atoms with E-state index in [1.807, 2.05) is 0 Å². The molecule has 5 nitrogen and oxygen atoms in total. The van der Waals surface area contributed by atoms with Crippen molar-refractivity contribution in [3.8, 4) is 0 Å². The maximum atomic E-state index is 12.5. The fourth-order valence-corrected chi connectivity index (χ4v) is 4.16. The first kappa shape index (κ1) is 17.4. The summed E-state index contributed by atoms with van der Waals surface area (Å²) in [5, 5.41) is 6.42. The number of nitrogens with zero attached hydrogens (tertiary/aromatic N) is 1. The molecule has 2 aliphatic rings. The van der Waals surface area contributed by atoms with Crippen LogP contribution in [0.3, 0.4) is 0 Å². The highest BCUT2D eigenvalue weighted by atomic mass is 32.2. The molecular weight excluding hydrogens is 367 g/mol. The Kier molecular flexibility index (Phi) is 4.44. The predicted octanol–water partition coefficient (Wildman–Crippen LogP) is 3.47. The van der Waals surface area contributed by atoms with E-state index < -0.39 is 11.9 Å². The van der Waals surface area contributed by atoms with Gasteiger partial charge >= 0.3 is 6.18 Å². The van der Waals surface area contributed by atoms with E-state index in [0.29, 0.717) is 28.7 Å². The standard InChI is InChI=1S/C17H16F3N3O2S/c18-17(19,20)14-8-21-16(25-14)26-11-4-1-9(2-5-11)15(24)23-13-7-10-3-6-12(13)22-10/h1-2,4-5,8,10,12-13,22H,3,6-7H2,(H,23,24)/t10-,12+,13-/m1/s1. The van der Waals surface area contributed by atoms with Crippen molar-refractivity contribution in [2.24, 2.45) is 0 Å². The molecule has 1 aromatic heterocycles. The number of nitrogens with one attached hydrogen (secondary N) is 2. The third-order valence-corrected chi connectivity index (χ3v) is 5.57. The zero-order valence-corrected chi connectivity index (χ0v) is 14.4. The molecule has 3 heterocycles. The number of alkyl halides is 3. The molecule has 138 valence electrons. The van der Waals surface area contributed by atoms with Crippen molar-refractivity contribution < 1.29 is 22.4 Å². The van der Waals surface area contributed by atoms with Gasteiger partial charge in [0.1, 0.15) is 0 Å². The molecule has 26 heavy (non-hydrogen) atoms. The van der Waals surface area contributed by atoms with Crippen LogP contribution in [0.5, 0.6) is 0 Å². The second-order valence-corrected chi connectivity index (χ2v) is 7.50. The minimum atomic E-state index is -4.55. The van der Waals surface area contributed by atoms with E-state index in [0.717, 1.165) is 24.6 Å². The van der Waals surface area contributed by atoms with Crippen molar-refractivity contribution in [2.45, 2.75) is 53.7 Å². The molecule has 9 heteroatoms. The lowest BCUT2D eigenvalue weighted by Crippen LogP contribution is -2.42. The van der Waals surface area contributed by atoms with Gasteiger partial charge in [0.2, 0.25) is 5.76 Å². The first-order valence-corrected chi connectivity index (χ1v) is 9.08. The summed E-state index contributed by atoms with van der Waals surface area (Å²) in [6.07, 6.45) is -0.688. The van der Waals surface area contributed by atoms with Gasteiger partial charge in [-0.3, -0.25) is 4.79 Å². The van der Waals surface area contributed by atoms with Crippen molar-refractivity contribution in [1.82, 2.24) is 15.6 Å². The van der Waals surface area contributed by atoms with Gasteiger partial charge in [0.25, 0.3) is 11.1 Å². The van der Waals surface area contributed by atoms with Crippen LogP contribution in [0.25, 0.3) is 0 Å². The Hall–Kier alpha value is -2.00. The Morgan fingerprint density at radius 1 is 1.27 bits per heavy atom. The van der Waals surface area contributed by atoms with Gasteiger partial charge in [0.15, 0.2) is 0 Å². The monoisotopic (exact) mass is 383 g/mol. The van der Waals surface area contributed by atoms with Crippen molar-refractivity contribution in [3.05, 3.63) is 41.8 Å². The summed E-state index contributed by atoms with van der Waals surface area (Å²) in [5.41, 5.74) is 0.514. The average Bonchev–Trinajstić information content (AvgIpc) is 3.31. The molecule has 1 aromatic carbocycles. The normalized spacial score (nSPS) is 24.8. The number of oxazole rings is 1. The maximum absolute atomic E-state index is 12.5. The smallest absolute Gasteiger partial charge is 0.427 e. The molecule has 4 rings (SSSR count). The van der Waals surface area contributed by atoms with Gasteiger partial charge in [-0.05, 0) is 55.3 Å².